The van der Waals surface area contributed by atoms with Gasteiger partial charge in [0.25, 0.3) is 0 Å². The number of halogens is 1. The van der Waals surface area contributed by atoms with Gasteiger partial charge in [-0.15, -0.1) is 24.0 Å². The van der Waals surface area contributed by atoms with Crippen LogP contribution in [0.1, 0.15) is 11.1 Å². The zero-order valence-electron chi connectivity index (χ0n) is 13.2. The summed E-state index contributed by atoms with van der Waals surface area (Å²) in [5.41, 5.74) is 9.07. The molecule has 0 aliphatic rings. The van der Waals surface area contributed by atoms with Gasteiger partial charge in [0.1, 0.15) is 0 Å². The van der Waals surface area contributed by atoms with Crippen LogP contribution in [0.3, 0.4) is 0 Å². The Kier molecular flexibility index (Phi) is 6.80. The van der Waals surface area contributed by atoms with Crippen molar-refractivity contribution in [3.63, 3.8) is 0 Å². The van der Waals surface area contributed by atoms with Crippen molar-refractivity contribution in [3.05, 3.63) is 84.2 Å². The van der Waals surface area contributed by atoms with E-state index in [1.807, 2.05) is 65.6 Å². The molecule has 0 saturated carbocycles. The molecule has 0 bridgehead atoms. The minimum atomic E-state index is 0. The summed E-state index contributed by atoms with van der Waals surface area (Å²) in [6.07, 6.45) is 3.81. The molecule has 3 N–H and O–H groups in total. The van der Waals surface area contributed by atoms with E-state index < -0.39 is 0 Å². The average molecular weight is 433 g/mol. The van der Waals surface area contributed by atoms with E-state index in [2.05, 4.69) is 27.5 Å². The second kappa shape index (κ2) is 9.07. The van der Waals surface area contributed by atoms with E-state index in [0.717, 1.165) is 17.8 Å². The van der Waals surface area contributed by atoms with Crippen LogP contribution < -0.4 is 11.1 Å². The monoisotopic (exact) mass is 433 g/mol. The molecule has 0 amide bonds. The van der Waals surface area contributed by atoms with Gasteiger partial charge in [0.05, 0.1) is 19.3 Å². The summed E-state index contributed by atoms with van der Waals surface area (Å²) in [4.78, 5) is 4.34. The lowest BCUT2D eigenvalue weighted by Crippen LogP contribution is -2.22. The minimum absolute atomic E-state index is 0. The number of rotatable bonds is 5. The van der Waals surface area contributed by atoms with E-state index in [4.69, 9.17) is 5.73 Å². The molecule has 0 unspecified atom stereocenters. The number of aliphatic imine (C=N–C) groups is 1. The number of nitrogens with two attached hydrogens (primary N) is 1. The van der Waals surface area contributed by atoms with Crippen LogP contribution in [0, 0.1) is 0 Å². The molecule has 0 radical (unpaired) electrons. The summed E-state index contributed by atoms with van der Waals surface area (Å²) in [6.45, 7) is 1.25. The van der Waals surface area contributed by atoms with Gasteiger partial charge < -0.3 is 11.1 Å². The van der Waals surface area contributed by atoms with Crippen molar-refractivity contribution in [2.24, 2.45) is 10.7 Å². The average Bonchev–Trinajstić information content (AvgIpc) is 3.02. The second-order valence-corrected chi connectivity index (χ2v) is 5.22. The quantitative estimate of drug-likeness (QED) is 0.368. The van der Waals surface area contributed by atoms with E-state index in [9.17, 15) is 0 Å². The number of hydrogen-bond acceptors (Lipinski definition) is 2. The molecule has 0 spiro atoms. The number of nitrogens with one attached hydrogen (secondary N) is 1. The first-order valence-electron chi connectivity index (χ1n) is 7.47. The molecule has 0 saturated heterocycles. The number of benzene rings is 2. The number of hydrogen-bond donors (Lipinski definition) is 2. The first-order chi connectivity index (χ1) is 11.3. The second-order valence-electron chi connectivity index (χ2n) is 5.22. The Labute approximate surface area is 158 Å². The lowest BCUT2D eigenvalue weighted by atomic mass is 10.2. The number of para-hydroxylation sites is 1. The van der Waals surface area contributed by atoms with Gasteiger partial charge >= 0.3 is 0 Å². The summed E-state index contributed by atoms with van der Waals surface area (Å²) in [6, 6.07) is 20.0. The Morgan fingerprint density at radius 3 is 2.38 bits per heavy atom. The fourth-order valence-electron chi connectivity index (χ4n) is 2.23. The Balaban J connectivity index is 0.00000208. The van der Waals surface area contributed by atoms with Crippen LogP contribution in [0.2, 0.25) is 0 Å². The van der Waals surface area contributed by atoms with E-state index in [-0.39, 0.29) is 24.0 Å². The van der Waals surface area contributed by atoms with E-state index in [0.29, 0.717) is 12.5 Å². The van der Waals surface area contributed by atoms with Crippen molar-refractivity contribution in [1.29, 1.82) is 0 Å². The van der Waals surface area contributed by atoms with Gasteiger partial charge in [-0.05, 0) is 17.7 Å². The zero-order chi connectivity index (χ0) is 15.9. The molecule has 2 aromatic carbocycles. The van der Waals surface area contributed by atoms with Gasteiger partial charge in [-0.25, -0.2) is 4.99 Å². The summed E-state index contributed by atoms with van der Waals surface area (Å²) in [5, 5.41) is 7.42. The van der Waals surface area contributed by atoms with E-state index in [1.165, 1.54) is 5.56 Å². The smallest absolute Gasteiger partial charge is 0.193 e. The summed E-state index contributed by atoms with van der Waals surface area (Å²) in [7, 11) is 0. The Hall–Kier alpha value is -2.35. The molecule has 1 aromatic heterocycles. The third-order valence-corrected chi connectivity index (χ3v) is 3.35. The largest absolute Gasteiger partial charge is 0.370 e. The highest BCUT2D eigenvalue weighted by atomic mass is 127. The van der Waals surface area contributed by atoms with Crippen molar-refractivity contribution in [3.8, 4) is 0 Å². The predicted molar refractivity (Wildman–Crippen MR) is 109 cm³/mol. The maximum Gasteiger partial charge on any atom is 0.193 e. The molecule has 124 valence electrons. The van der Waals surface area contributed by atoms with Crippen LogP contribution >= 0.6 is 24.0 Å². The molecule has 1 heterocycles. The van der Waals surface area contributed by atoms with Crippen molar-refractivity contribution in [2.75, 3.05) is 5.32 Å². The van der Waals surface area contributed by atoms with Gasteiger partial charge in [-0.2, -0.15) is 5.10 Å². The van der Waals surface area contributed by atoms with Gasteiger partial charge in [0, 0.05) is 17.4 Å². The standard InChI is InChI=1S/C18H19N5.HI/c19-18(22-17-9-5-2-6-10-17)20-11-16-12-21-23(14-16)13-15-7-3-1-4-8-15;/h1-10,12,14H,11,13H2,(H3,19,20,22);1H. The molecule has 0 aliphatic heterocycles. The summed E-state index contributed by atoms with van der Waals surface area (Å²) < 4.78 is 1.90. The van der Waals surface area contributed by atoms with Crippen LogP contribution in [0.4, 0.5) is 5.69 Å². The highest BCUT2D eigenvalue weighted by Gasteiger charge is 2.00. The highest BCUT2D eigenvalue weighted by molar-refractivity contribution is 14.0. The molecule has 0 fully saturated rings. The molecule has 6 heteroatoms. The Morgan fingerprint density at radius 1 is 1.00 bits per heavy atom. The van der Waals surface area contributed by atoms with Crippen LogP contribution in [0.15, 0.2) is 78.0 Å². The van der Waals surface area contributed by atoms with Crippen molar-refractivity contribution in [1.82, 2.24) is 9.78 Å². The third kappa shape index (κ3) is 5.38. The molecule has 3 rings (SSSR count). The summed E-state index contributed by atoms with van der Waals surface area (Å²) in [5.74, 6) is 0.395. The lowest BCUT2D eigenvalue weighted by Gasteiger charge is -2.04. The number of guanidine groups is 1. The first-order valence-corrected chi connectivity index (χ1v) is 7.47. The van der Waals surface area contributed by atoms with Crippen LogP contribution in [-0.2, 0) is 13.1 Å². The van der Waals surface area contributed by atoms with Crippen LogP contribution in [0.5, 0.6) is 0 Å². The number of nitrogens with zero attached hydrogens (tertiary/aromatic N) is 3. The maximum absolute atomic E-state index is 5.90. The van der Waals surface area contributed by atoms with E-state index in [1.54, 1.807) is 0 Å². The van der Waals surface area contributed by atoms with Gasteiger partial charge in [0.2, 0.25) is 0 Å². The van der Waals surface area contributed by atoms with Crippen LogP contribution in [0.25, 0.3) is 0 Å². The Morgan fingerprint density at radius 2 is 1.67 bits per heavy atom. The zero-order valence-corrected chi connectivity index (χ0v) is 15.5. The fraction of sp³-hybridized carbons (Fsp3) is 0.111. The first kappa shape index (κ1) is 18.0. The van der Waals surface area contributed by atoms with Gasteiger partial charge in [-0.1, -0.05) is 48.5 Å². The Bertz CT molecular complexity index is 768. The number of anilines is 1. The SMILES string of the molecule is I.NC(=NCc1cnn(Cc2ccccc2)c1)Nc1ccccc1. The lowest BCUT2D eigenvalue weighted by molar-refractivity contribution is 0.686. The van der Waals surface area contributed by atoms with Gasteiger partial charge in [0.15, 0.2) is 5.96 Å². The summed E-state index contributed by atoms with van der Waals surface area (Å²) >= 11 is 0. The molecule has 0 atom stereocenters. The molecule has 0 aliphatic carbocycles. The van der Waals surface area contributed by atoms with Gasteiger partial charge in [-0.3, -0.25) is 4.68 Å². The molecule has 3 aromatic rings. The topological polar surface area (TPSA) is 68.2 Å². The normalized spacial score (nSPS) is 10.9. The maximum atomic E-state index is 5.90. The van der Waals surface area contributed by atoms with E-state index >= 15 is 0 Å². The third-order valence-electron chi connectivity index (χ3n) is 3.35. The number of aromatic nitrogens is 2. The van der Waals surface area contributed by atoms with Crippen molar-refractivity contribution < 1.29 is 0 Å². The molecule has 5 nitrogen and oxygen atoms in total. The molecular weight excluding hydrogens is 413 g/mol. The minimum Gasteiger partial charge on any atom is -0.370 e. The van der Waals surface area contributed by atoms with Crippen LogP contribution in [-0.4, -0.2) is 15.7 Å². The molecular formula is C18H20IN5. The molecule has 24 heavy (non-hydrogen) atoms. The predicted octanol–water partition coefficient (Wildman–Crippen LogP) is 3.48. The van der Waals surface area contributed by atoms with Crippen molar-refractivity contribution >= 4 is 35.6 Å². The highest BCUT2D eigenvalue weighted by Crippen LogP contribution is 2.06. The fourth-order valence-corrected chi connectivity index (χ4v) is 2.23. The van der Waals surface area contributed by atoms with Crippen molar-refractivity contribution in [2.45, 2.75) is 13.1 Å².